The van der Waals surface area contributed by atoms with Crippen LogP contribution in [0.3, 0.4) is 0 Å². The minimum atomic E-state index is -3.76. The van der Waals surface area contributed by atoms with Crippen molar-refractivity contribution in [2.75, 3.05) is 10.8 Å². The SMILES string of the molecule is CC1Cc2ccccc2N1S(=O)(=O)c1cccc(C(=O)NCC(N)C2CC2)c1. The number of hydrogen-bond acceptors (Lipinski definition) is 4. The van der Waals surface area contributed by atoms with Crippen molar-refractivity contribution in [1.82, 2.24) is 5.32 Å². The van der Waals surface area contributed by atoms with Crippen molar-refractivity contribution in [3.05, 3.63) is 59.7 Å². The minimum Gasteiger partial charge on any atom is -0.350 e. The highest BCUT2D eigenvalue weighted by Gasteiger charge is 2.36. The van der Waals surface area contributed by atoms with Gasteiger partial charge in [-0.05, 0) is 61.9 Å². The Balaban J connectivity index is 1.57. The number of anilines is 1. The molecule has 0 saturated heterocycles. The van der Waals surface area contributed by atoms with Gasteiger partial charge in [0.25, 0.3) is 15.9 Å². The fraction of sp³-hybridized carbons (Fsp3) is 0.381. The first-order valence-corrected chi connectivity index (χ1v) is 11.1. The zero-order valence-electron chi connectivity index (χ0n) is 15.8. The lowest BCUT2D eigenvalue weighted by atomic mass is 10.1. The topological polar surface area (TPSA) is 92.5 Å². The van der Waals surface area contributed by atoms with Gasteiger partial charge in [-0.3, -0.25) is 9.10 Å². The number of para-hydroxylation sites is 1. The summed E-state index contributed by atoms with van der Waals surface area (Å²) in [5.41, 5.74) is 8.08. The van der Waals surface area contributed by atoms with Crippen LogP contribution in [-0.2, 0) is 16.4 Å². The van der Waals surface area contributed by atoms with Crippen LogP contribution in [-0.4, -0.2) is 33.0 Å². The minimum absolute atomic E-state index is 0.0437. The lowest BCUT2D eigenvalue weighted by Gasteiger charge is -2.24. The van der Waals surface area contributed by atoms with Crippen molar-refractivity contribution in [3.8, 4) is 0 Å². The van der Waals surface area contributed by atoms with Crippen LogP contribution in [0.25, 0.3) is 0 Å². The highest BCUT2D eigenvalue weighted by Crippen LogP contribution is 2.36. The van der Waals surface area contributed by atoms with Gasteiger partial charge in [0.05, 0.1) is 10.6 Å². The largest absolute Gasteiger partial charge is 0.350 e. The van der Waals surface area contributed by atoms with E-state index in [1.165, 1.54) is 16.4 Å². The van der Waals surface area contributed by atoms with E-state index in [1.807, 2.05) is 31.2 Å². The lowest BCUT2D eigenvalue weighted by molar-refractivity contribution is 0.0950. The molecule has 1 fully saturated rings. The molecule has 0 bridgehead atoms. The van der Waals surface area contributed by atoms with Gasteiger partial charge in [0.2, 0.25) is 0 Å². The van der Waals surface area contributed by atoms with Crippen LogP contribution in [0.2, 0.25) is 0 Å². The smallest absolute Gasteiger partial charge is 0.264 e. The predicted octanol–water partition coefficient (Wildman–Crippen LogP) is 2.29. The molecule has 0 spiro atoms. The number of carbonyl (C=O) groups excluding carboxylic acids is 1. The summed E-state index contributed by atoms with van der Waals surface area (Å²) < 4.78 is 28.1. The van der Waals surface area contributed by atoms with Crippen LogP contribution < -0.4 is 15.4 Å². The van der Waals surface area contributed by atoms with E-state index in [9.17, 15) is 13.2 Å². The van der Waals surface area contributed by atoms with Crippen LogP contribution in [0.5, 0.6) is 0 Å². The number of benzene rings is 2. The first-order valence-electron chi connectivity index (χ1n) is 9.64. The van der Waals surface area contributed by atoms with Crippen LogP contribution in [0.1, 0.15) is 35.7 Å². The Labute approximate surface area is 165 Å². The lowest BCUT2D eigenvalue weighted by Crippen LogP contribution is -2.38. The molecule has 1 amide bonds. The van der Waals surface area contributed by atoms with E-state index in [-0.39, 0.29) is 22.9 Å². The molecular weight excluding hydrogens is 374 g/mol. The van der Waals surface area contributed by atoms with Crippen LogP contribution in [0, 0.1) is 5.92 Å². The van der Waals surface area contributed by atoms with Crippen molar-refractivity contribution in [2.24, 2.45) is 11.7 Å². The third kappa shape index (κ3) is 3.52. The maximum Gasteiger partial charge on any atom is 0.264 e. The Hall–Kier alpha value is -2.38. The Morgan fingerprint density at radius 1 is 1.21 bits per heavy atom. The molecule has 148 valence electrons. The van der Waals surface area contributed by atoms with Crippen LogP contribution in [0.4, 0.5) is 5.69 Å². The van der Waals surface area contributed by atoms with E-state index in [2.05, 4.69) is 5.32 Å². The zero-order valence-corrected chi connectivity index (χ0v) is 16.7. The van der Waals surface area contributed by atoms with Crippen molar-refractivity contribution in [2.45, 2.75) is 43.2 Å². The molecule has 2 aliphatic rings. The maximum atomic E-state index is 13.3. The Kier molecular flexibility index (Phi) is 4.89. The number of amides is 1. The number of nitrogens with one attached hydrogen (secondary N) is 1. The van der Waals surface area contributed by atoms with Crippen molar-refractivity contribution < 1.29 is 13.2 Å². The normalized spacial score (nSPS) is 19.9. The Morgan fingerprint density at radius 2 is 1.96 bits per heavy atom. The van der Waals surface area contributed by atoms with Gasteiger partial charge in [-0.2, -0.15) is 0 Å². The molecule has 1 saturated carbocycles. The number of nitrogens with zero attached hydrogens (tertiary/aromatic N) is 1. The summed E-state index contributed by atoms with van der Waals surface area (Å²) >= 11 is 0. The highest BCUT2D eigenvalue weighted by molar-refractivity contribution is 7.92. The van der Waals surface area contributed by atoms with Gasteiger partial charge in [0.15, 0.2) is 0 Å². The molecule has 6 nitrogen and oxygen atoms in total. The van der Waals surface area contributed by atoms with Gasteiger partial charge in [0, 0.05) is 24.2 Å². The molecule has 3 N–H and O–H groups in total. The molecule has 0 radical (unpaired) electrons. The van der Waals surface area contributed by atoms with Gasteiger partial charge in [-0.25, -0.2) is 8.42 Å². The first-order chi connectivity index (χ1) is 13.4. The van der Waals surface area contributed by atoms with E-state index in [4.69, 9.17) is 5.73 Å². The molecule has 4 rings (SSSR count). The average molecular weight is 400 g/mol. The van der Waals surface area contributed by atoms with E-state index in [0.717, 1.165) is 18.4 Å². The predicted molar refractivity (Wildman–Crippen MR) is 109 cm³/mol. The Bertz CT molecular complexity index is 1000. The van der Waals surface area contributed by atoms with Crippen molar-refractivity contribution in [1.29, 1.82) is 0 Å². The number of nitrogens with two attached hydrogens (primary N) is 1. The van der Waals surface area contributed by atoms with E-state index >= 15 is 0 Å². The second-order valence-corrected chi connectivity index (χ2v) is 9.54. The molecule has 2 atom stereocenters. The first kappa shape index (κ1) is 19.0. The number of sulfonamides is 1. The number of fused-ring (bicyclic) bond motifs is 1. The van der Waals surface area contributed by atoms with Gasteiger partial charge < -0.3 is 11.1 Å². The van der Waals surface area contributed by atoms with Gasteiger partial charge in [0.1, 0.15) is 0 Å². The summed E-state index contributed by atoms with van der Waals surface area (Å²) in [4.78, 5) is 12.6. The monoisotopic (exact) mass is 399 g/mol. The van der Waals surface area contributed by atoms with Crippen LogP contribution in [0.15, 0.2) is 53.4 Å². The van der Waals surface area contributed by atoms with E-state index in [1.54, 1.807) is 12.1 Å². The molecule has 1 aliphatic carbocycles. The molecule has 2 aromatic carbocycles. The molecule has 2 unspecified atom stereocenters. The summed E-state index contributed by atoms with van der Waals surface area (Å²) in [7, 11) is -3.76. The van der Waals surface area contributed by atoms with Crippen molar-refractivity contribution in [3.63, 3.8) is 0 Å². The maximum absolute atomic E-state index is 13.3. The molecule has 1 aliphatic heterocycles. The Morgan fingerprint density at radius 3 is 2.71 bits per heavy atom. The van der Waals surface area contributed by atoms with Gasteiger partial charge in [-0.15, -0.1) is 0 Å². The number of rotatable bonds is 6. The number of hydrogen-bond donors (Lipinski definition) is 2. The third-order valence-corrected chi connectivity index (χ3v) is 7.45. The average Bonchev–Trinajstić information content (AvgIpc) is 3.47. The van der Waals surface area contributed by atoms with Gasteiger partial charge in [-0.1, -0.05) is 24.3 Å². The zero-order chi connectivity index (χ0) is 19.9. The quantitative estimate of drug-likeness (QED) is 0.780. The molecule has 0 aromatic heterocycles. The molecule has 7 heteroatoms. The molecule has 2 aromatic rings. The van der Waals surface area contributed by atoms with E-state index < -0.39 is 10.0 Å². The molecule has 1 heterocycles. The summed E-state index contributed by atoms with van der Waals surface area (Å²) in [6.45, 7) is 2.30. The van der Waals surface area contributed by atoms with Crippen LogP contribution >= 0.6 is 0 Å². The fourth-order valence-electron chi connectivity index (χ4n) is 3.82. The second kappa shape index (κ2) is 7.22. The number of carbonyl (C=O) groups is 1. The van der Waals surface area contributed by atoms with Gasteiger partial charge >= 0.3 is 0 Å². The standard InChI is InChI=1S/C21H25N3O3S/c1-14-11-16-5-2-3-8-20(16)24(14)28(26,27)18-7-4-6-17(12-18)21(25)23-13-19(22)15-9-10-15/h2-8,12,14-15,19H,9-11,13,22H2,1H3,(H,23,25). The van der Waals surface area contributed by atoms with E-state index in [0.29, 0.717) is 30.1 Å². The van der Waals surface area contributed by atoms with Crippen molar-refractivity contribution >= 4 is 21.6 Å². The molecular formula is C21H25N3O3S. The summed E-state index contributed by atoms with van der Waals surface area (Å²) in [6, 6.07) is 13.5. The fourth-order valence-corrected chi connectivity index (χ4v) is 5.56. The third-order valence-electron chi connectivity index (χ3n) is 5.52. The summed E-state index contributed by atoms with van der Waals surface area (Å²) in [6.07, 6.45) is 2.90. The molecule has 28 heavy (non-hydrogen) atoms. The summed E-state index contributed by atoms with van der Waals surface area (Å²) in [5.74, 6) is 0.187. The second-order valence-electron chi connectivity index (χ2n) is 7.72. The summed E-state index contributed by atoms with van der Waals surface area (Å²) in [5, 5.41) is 2.82. The highest BCUT2D eigenvalue weighted by atomic mass is 32.2.